The van der Waals surface area contributed by atoms with Crippen LogP contribution in [0, 0.1) is 5.82 Å². The van der Waals surface area contributed by atoms with E-state index in [1.165, 1.54) is 12.1 Å². The van der Waals surface area contributed by atoms with E-state index in [1.54, 1.807) is 28.8 Å². The van der Waals surface area contributed by atoms with E-state index in [1.807, 2.05) is 0 Å². The summed E-state index contributed by atoms with van der Waals surface area (Å²) in [6.07, 6.45) is 0.351. The van der Waals surface area contributed by atoms with Gasteiger partial charge in [0.25, 0.3) is 0 Å². The van der Waals surface area contributed by atoms with Crippen LogP contribution in [0.5, 0.6) is 0 Å². The third kappa shape index (κ3) is 3.00. The van der Waals surface area contributed by atoms with Gasteiger partial charge < -0.3 is 14.8 Å². The number of rotatable bonds is 5. The number of halogens is 1. The molecule has 5 heteroatoms. The van der Waals surface area contributed by atoms with E-state index in [9.17, 15) is 14.3 Å². The number of aliphatic hydroxyl groups excluding tert-OH is 1. The second kappa shape index (κ2) is 5.67. The highest BCUT2D eigenvalue weighted by Gasteiger charge is 2.10. The predicted octanol–water partition coefficient (Wildman–Crippen LogP) is 2.26. The number of carbonyl (C=O) groups is 1. The van der Waals surface area contributed by atoms with E-state index in [-0.39, 0.29) is 19.0 Å². The molecule has 2 N–H and O–H groups in total. The van der Waals surface area contributed by atoms with Gasteiger partial charge in [0.15, 0.2) is 0 Å². The highest BCUT2D eigenvalue weighted by atomic mass is 19.1. The van der Waals surface area contributed by atoms with Crippen LogP contribution in [-0.2, 0) is 17.9 Å². The zero-order valence-electron chi connectivity index (χ0n) is 10.2. The number of aliphatic hydroxyl groups is 1. The van der Waals surface area contributed by atoms with Gasteiger partial charge in [-0.1, -0.05) is 0 Å². The third-order valence-corrected chi connectivity index (χ3v) is 2.95. The Balaban J connectivity index is 2.31. The number of hydrogen-bond acceptors (Lipinski definition) is 2. The van der Waals surface area contributed by atoms with E-state index in [0.29, 0.717) is 6.42 Å². The molecule has 0 aliphatic carbocycles. The molecule has 0 fully saturated rings. The molecule has 0 aliphatic heterocycles. The maximum absolute atomic E-state index is 12.9. The molecule has 0 aliphatic rings. The standard InChI is InChI=1S/C14H14FNO3/c15-11-3-1-10(2-4-11)13-7-5-12(16(13)9-17)6-8-14(18)19/h1-5,7,17H,6,8-9H2,(H,18,19). The van der Waals surface area contributed by atoms with Crippen LogP contribution in [0.2, 0.25) is 0 Å². The van der Waals surface area contributed by atoms with Crippen molar-refractivity contribution in [3.63, 3.8) is 0 Å². The number of carboxylic acid groups (broad SMARTS) is 1. The Morgan fingerprint density at radius 2 is 1.84 bits per heavy atom. The van der Waals surface area contributed by atoms with Crippen molar-refractivity contribution in [1.82, 2.24) is 4.57 Å². The molecule has 0 bridgehead atoms. The second-order valence-corrected chi connectivity index (χ2v) is 4.18. The molecule has 100 valence electrons. The molecule has 2 aromatic rings. The molecule has 19 heavy (non-hydrogen) atoms. The van der Waals surface area contributed by atoms with Crippen molar-refractivity contribution in [3.05, 3.63) is 47.9 Å². The largest absolute Gasteiger partial charge is 0.481 e. The first-order chi connectivity index (χ1) is 9.11. The average Bonchev–Trinajstić information content (AvgIpc) is 2.80. The van der Waals surface area contributed by atoms with Gasteiger partial charge in [-0.3, -0.25) is 4.79 Å². The molecule has 0 radical (unpaired) electrons. The van der Waals surface area contributed by atoms with Crippen molar-refractivity contribution >= 4 is 5.97 Å². The van der Waals surface area contributed by atoms with Crippen molar-refractivity contribution in [2.45, 2.75) is 19.6 Å². The van der Waals surface area contributed by atoms with Crippen molar-refractivity contribution in [1.29, 1.82) is 0 Å². The molecule has 1 aromatic carbocycles. The molecule has 0 amide bonds. The summed E-state index contributed by atoms with van der Waals surface area (Å²) < 4.78 is 14.5. The first kappa shape index (κ1) is 13.3. The summed E-state index contributed by atoms with van der Waals surface area (Å²) in [6, 6.07) is 9.51. The van der Waals surface area contributed by atoms with Gasteiger partial charge in [0.2, 0.25) is 0 Å². The number of nitrogens with zero attached hydrogens (tertiary/aromatic N) is 1. The van der Waals surface area contributed by atoms with Crippen LogP contribution in [0.25, 0.3) is 11.3 Å². The number of aromatic nitrogens is 1. The minimum atomic E-state index is -0.881. The minimum Gasteiger partial charge on any atom is -0.481 e. The molecule has 2 rings (SSSR count). The highest BCUT2D eigenvalue weighted by molar-refractivity contribution is 5.67. The number of aryl methyl sites for hydroxylation is 1. The fourth-order valence-corrected chi connectivity index (χ4v) is 2.00. The molecule has 1 aromatic heterocycles. The Morgan fingerprint density at radius 1 is 1.16 bits per heavy atom. The summed E-state index contributed by atoms with van der Waals surface area (Å²) in [5.74, 6) is -1.20. The molecule has 1 heterocycles. The van der Waals surface area contributed by atoms with Gasteiger partial charge in [-0.05, 0) is 48.4 Å². The number of benzene rings is 1. The van der Waals surface area contributed by atoms with E-state index >= 15 is 0 Å². The summed E-state index contributed by atoms with van der Waals surface area (Å²) in [7, 11) is 0. The fourth-order valence-electron chi connectivity index (χ4n) is 2.00. The van der Waals surface area contributed by atoms with Crippen LogP contribution in [0.3, 0.4) is 0 Å². The van der Waals surface area contributed by atoms with Gasteiger partial charge in [-0.2, -0.15) is 0 Å². The Labute approximate surface area is 109 Å². The number of carboxylic acids is 1. The fraction of sp³-hybridized carbons (Fsp3) is 0.214. The summed E-state index contributed by atoms with van der Waals surface area (Å²) >= 11 is 0. The quantitative estimate of drug-likeness (QED) is 0.869. The lowest BCUT2D eigenvalue weighted by atomic mass is 10.1. The lowest BCUT2D eigenvalue weighted by molar-refractivity contribution is -0.137. The average molecular weight is 263 g/mol. The lowest BCUT2D eigenvalue weighted by Crippen LogP contribution is -2.06. The van der Waals surface area contributed by atoms with Crippen LogP contribution >= 0.6 is 0 Å². The van der Waals surface area contributed by atoms with Crippen LogP contribution in [0.15, 0.2) is 36.4 Å². The highest BCUT2D eigenvalue weighted by Crippen LogP contribution is 2.23. The zero-order chi connectivity index (χ0) is 13.8. The minimum absolute atomic E-state index is 0.00682. The molecule has 4 nitrogen and oxygen atoms in total. The van der Waals surface area contributed by atoms with Crippen molar-refractivity contribution < 1.29 is 19.4 Å². The van der Waals surface area contributed by atoms with Crippen molar-refractivity contribution in [2.75, 3.05) is 0 Å². The summed E-state index contributed by atoms with van der Waals surface area (Å²) in [5.41, 5.74) is 2.25. The topological polar surface area (TPSA) is 62.5 Å². The van der Waals surface area contributed by atoms with Crippen LogP contribution in [0.1, 0.15) is 12.1 Å². The second-order valence-electron chi connectivity index (χ2n) is 4.18. The van der Waals surface area contributed by atoms with Gasteiger partial charge in [-0.25, -0.2) is 4.39 Å². The maximum Gasteiger partial charge on any atom is 0.303 e. The molecule has 0 saturated heterocycles. The Hall–Kier alpha value is -2.14. The van der Waals surface area contributed by atoms with E-state index in [2.05, 4.69) is 0 Å². The molecular formula is C14H14FNO3. The smallest absolute Gasteiger partial charge is 0.303 e. The van der Waals surface area contributed by atoms with Crippen molar-refractivity contribution in [3.8, 4) is 11.3 Å². The third-order valence-electron chi connectivity index (χ3n) is 2.95. The number of aliphatic carboxylic acids is 1. The summed E-state index contributed by atoms with van der Waals surface area (Å²) in [6.45, 7) is -0.241. The maximum atomic E-state index is 12.9. The zero-order valence-corrected chi connectivity index (χ0v) is 10.2. The lowest BCUT2D eigenvalue weighted by Gasteiger charge is -2.10. The predicted molar refractivity (Wildman–Crippen MR) is 68.0 cm³/mol. The summed E-state index contributed by atoms with van der Waals surface area (Å²) in [5, 5.41) is 18.1. The van der Waals surface area contributed by atoms with E-state index in [0.717, 1.165) is 17.0 Å². The first-order valence-corrected chi connectivity index (χ1v) is 5.89. The normalized spacial score (nSPS) is 10.6. The van der Waals surface area contributed by atoms with Gasteiger partial charge in [-0.15, -0.1) is 0 Å². The molecule has 0 atom stereocenters. The molecule has 0 saturated carbocycles. The van der Waals surface area contributed by atoms with Crippen LogP contribution < -0.4 is 0 Å². The monoisotopic (exact) mass is 263 g/mol. The van der Waals surface area contributed by atoms with Gasteiger partial charge in [0.1, 0.15) is 12.5 Å². The van der Waals surface area contributed by atoms with Crippen LogP contribution in [-0.4, -0.2) is 20.7 Å². The van der Waals surface area contributed by atoms with Crippen molar-refractivity contribution in [2.24, 2.45) is 0 Å². The van der Waals surface area contributed by atoms with Gasteiger partial charge >= 0.3 is 5.97 Å². The van der Waals surface area contributed by atoms with E-state index < -0.39 is 5.97 Å². The molecular weight excluding hydrogens is 249 g/mol. The van der Waals surface area contributed by atoms with Gasteiger partial charge in [0.05, 0.1) is 12.1 Å². The van der Waals surface area contributed by atoms with Crippen LogP contribution in [0.4, 0.5) is 4.39 Å². The molecule has 0 unspecified atom stereocenters. The Bertz CT molecular complexity index is 575. The molecule has 0 spiro atoms. The SMILES string of the molecule is O=C(O)CCc1ccc(-c2ccc(F)cc2)n1CO. The number of hydrogen-bond donors (Lipinski definition) is 2. The van der Waals surface area contributed by atoms with Gasteiger partial charge in [0, 0.05) is 5.69 Å². The van der Waals surface area contributed by atoms with E-state index in [4.69, 9.17) is 5.11 Å². The summed E-state index contributed by atoms with van der Waals surface area (Å²) in [4.78, 5) is 10.6. The first-order valence-electron chi connectivity index (χ1n) is 5.89. The Kier molecular flexibility index (Phi) is 3.97. The Morgan fingerprint density at radius 3 is 2.42 bits per heavy atom.